The number of rotatable bonds is 2. The number of piperidine rings is 1. The number of carbonyl (C=O) groups is 1. The van der Waals surface area contributed by atoms with E-state index >= 15 is 0 Å². The smallest absolute Gasteiger partial charge is 0.293 e. The van der Waals surface area contributed by atoms with Gasteiger partial charge in [0.2, 0.25) is 17.4 Å². The van der Waals surface area contributed by atoms with Gasteiger partial charge in [-0.25, -0.2) is 15.0 Å². The summed E-state index contributed by atoms with van der Waals surface area (Å²) in [7, 11) is 3.85. The molecule has 0 aliphatic carbocycles. The van der Waals surface area contributed by atoms with Crippen molar-refractivity contribution < 1.29 is 14.1 Å². The standard InChI is InChI=1S/C20H22N6O3/c1-25(2)19-22-12-13-5-11-28-20(16(13)23-19)6-9-26(10-7-20)18(27)15-14-4-3-8-21-17(14)24-29-15/h3-4,8,12H,5-7,9-11H2,1-2H3. The van der Waals surface area contributed by atoms with Gasteiger partial charge in [0.1, 0.15) is 5.60 Å². The van der Waals surface area contributed by atoms with Crippen molar-refractivity contribution in [3.63, 3.8) is 0 Å². The van der Waals surface area contributed by atoms with E-state index in [1.807, 2.05) is 25.2 Å². The molecule has 1 saturated heterocycles. The summed E-state index contributed by atoms with van der Waals surface area (Å²) in [5.74, 6) is 0.752. The zero-order valence-electron chi connectivity index (χ0n) is 16.5. The highest BCUT2D eigenvalue weighted by Crippen LogP contribution is 2.41. The predicted octanol–water partition coefficient (Wildman–Crippen LogP) is 1.78. The zero-order valence-corrected chi connectivity index (χ0v) is 16.5. The van der Waals surface area contributed by atoms with E-state index in [2.05, 4.69) is 15.1 Å². The third-order valence-corrected chi connectivity index (χ3v) is 5.74. The van der Waals surface area contributed by atoms with E-state index in [4.69, 9.17) is 14.2 Å². The SMILES string of the molecule is CN(C)c1ncc2c(n1)C1(CCN(C(=O)c3onc4ncccc34)CC1)OCC2. The number of amides is 1. The van der Waals surface area contributed by atoms with Gasteiger partial charge in [-0.15, -0.1) is 0 Å². The Hall–Kier alpha value is -3.07. The van der Waals surface area contributed by atoms with Crippen LogP contribution < -0.4 is 4.90 Å². The van der Waals surface area contributed by atoms with Crippen LogP contribution in [0.1, 0.15) is 34.7 Å². The number of anilines is 1. The quantitative estimate of drug-likeness (QED) is 0.649. The largest absolute Gasteiger partial charge is 0.368 e. The molecule has 1 spiro atoms. The Morgan fingerprint density at radius 2 is 2.07 bits per heavy atom. The first-order valence-electron chi connectivity index (χ1n) is 9.75. The lowest BCUT2D eigenvalue weighted by molar-refractivity contribution is -0.0969. The van der Waals surface area contributed by atoms with Crippen molar-refractivity contribution in [1.29, 1.82) is 0 Å². The molecule has 150 valence electrons. The summed E-state index contributed by atoms with van der Waals surface area (Å²) in [5.41, 5.74) is 2.07. The van der Waals surface area contributed by atoms with Gasteiger partial charge in [-0.05, 0) is 37.0 Å². The molecule has 3 aromatic heterocycles. The van der Waals surface area contributed by atoms with E-state index < -0.39 is 5.60 Å². The highest BCUT2D eigenvalue weighted by atomic mass is 16.5. The maximum Gasteiger partial charge on any atom is 0.293 e. The molecular formula is C20H22N6O3. The molecule has 0 aromatic carbocycles. The number of ether oxygens (including phenoxy) is 1. The molecule has 9 heteroatoms. The summed E-state index contributed by atoms with van der Waals surface area (Å²) in [6.45, 7) is 1.76. The van der Waals surface area contributed by atoms with Gasteiger partial charge < -0.3 is 19.1 Å². The normalized spacial score (nSPS) is 18.1. The molecule has 1 amide bonds. The van der Waals surface area contributed by atoms with E-state index in [9.17, 15) is 4.79 Å². The van der Waals surface area contributed by atoms with Crippen molar-refractivity contribution in [2.75, 3.05) is 38.7 Å². The Balaban J connectivity index is 1.39. The third kappa shape index (κ3) is 2.93. The van der Waals surface area contributed by atoms with E-state index in [-0.39, 0.29) is 11.7 Å². The third-order valence-electron chi connectivity index (χ3n) is 5.74. The average Bonchev–Trinajstić information content (AvgIpc) is 3.18. The molecule has 0 radical (unpaired) electrons. The van der Waals surface area contributed by atoms with Gasteiger partial charge in [0.05, 0.1) is 17.7 Å². The van der Waals surface area contributed by atoms with Crippen LogP contribution in [0.15, 0.2) is 29.0 Å². The van der Waals surface area contributed by atoms with E-state index in [0.29, 0.717) is 49.5 Å². The zero-order chi connectivity index (χ0) is 20.0. The first-order chi connectivity index (χ1) is 14.1. The van der Waals surface area contributed by atoms with Crippen molar-refractivity contribution in [1.82, 2.24) is 25.0 Å². The van der Waals surface area contributed by atoms with Gasteiger partial charge in [-0.3, -0.25) is 4.79 Å². The van der Waals surface area contributed by atoms with Crippen LogP contribution in [0.4, 0.5) is 5.95 Å². The van der Waals surface area contributed by atoms with Gasteiger partial charge in [-0.1, -0.05) is 5.16 Å². The molecule has 0 unspecified atom stereocenters. The summed E-state index contributed by atoms with van der Waals surface area (Å²) < 4.78 is 11.6. The topological polar surface area (TPSA) is 97.5 Å². The molecule has 1 fully saturated rings. The van der Waals surface area contributed by atoms with Crippen molar-refractivity contribution in [2.45, 2.75) is 24.9 Å². The fourth-order valence-corrected chi connectivity index (χ4v) is 4.15. The number of pyridine rings is 1. The van der Waals surface area contributed by atoms with Crippen LogP contribution in [0.25, 0.3) is 11.0 Å². The Labute approximate surface area is 167 Å². The van der Waals surface area contributed by atoms with Crippen molar-refractivity contribution >= 4 is 22.9 Å². The van der Waals surface area contributed by atoms with Crippen molar-refractivity contribution in [3.05, 3.63) is 41.5 Å². The Morgan fingerprint density at radius 1 is 1.24 bits per heavy atom. The number of likely N-dealkylation sites (tertiary alicyclic amines) is 1. The molecule has 9 nitrogen and oxygen atoms in total. The van der Waals surface area contributed by atoms with Crippen LogP contribution in [0.3, 0.4) is 0 Å². The lowest BCUT2D eigenvalue weighted by Crippen LogP contribution is -2.49. The van der Waals surface area contributed by atoms with Gasteiger partial charge >= 0.3 is 0 Å². The number of fused-ring (bicyclic) bond motifs is 3. The van der Waals surface area contributed by atoms with Gasteiger partial charge in [-0.2, -0.15) is 0 Å². The second-order valence-corrected chi connectivity index (χ2v) is 7.71. The Kier molecular flexibility index (Phi) is 4.20. The lowest BCUT2D eigenvalue weighted by atomic mass is 9.83. The Morgan fingerprint density at radius 3 is 2.86 bits per heavy atom. The average molecular weight is 394 g/mol. The number of nitrogens with zero attached hydrogens (tertiary/aromatic N) is 6. The molecule has 0 N–H and O–H groups in total. The molecule has 2 aliphatic rings. The number of hydrogen-bond donors (Lipinski definition) is 0. The van der Waals surface area contributed by atoms with Crippen LogP contribution in [0.2, 0.25) is 0 Å². The monoisotopic (exact) mass is 394 g/mol. The molecule has 0 atom stereocenters. The van der Waals surface area contributed by atoms with Crippen LogP contribution in [-0.2, 0) is 16.8 Å². The fourth-order valence-electron chi connectivity index (χ4n) is 4.15. The molecular weight excluding hydrogens is 372 g/mol. The minimum atomic E-state index is -0.469. The molecule has 2 aliphatic heterocycles. The van der Waals surface area contributed by atoms with Gasteiger partial charge in [0.15, 0.2) is 0 Å². The molecule has 0 bridgehead atoms. The minimum Gasteiger partial charge on any atom is -0.368 e. The second-order valence-electron chi connectivity index (χ2n) is 7.71. The van der Waals surface area contributed by atoms with Gasteiger partial charge in [0.25, 0.3) is 5.91 Å². The van der Waals surface area contributed by atoms with Crippen molar-refractivity contribution in [3.8, 4) is 0 Å². The maximum atomic E-state index is 13.0. The van der Waals surface area contributed by atoms with Crippen LogP contribution in [0, 0.1) is 0 Å². The van der Waals surface area contributed by atoms with Gasteiger partial charge in [0, 0.05) is 39.6 Å². The molecule has 5 heterocycles. The maximum absolute atomic E-state index is 13.0. The summed E-state index contributed by atoms with van der Waals surface area (Å²) in [6.07, 6.45) is 5.71. The minimum absolute atomic E-state index is 0.164. The second kappa shape index (κ2) is 6.77. The highest BCUT2D eigenvalue weighted by Gasteiger charge is 2.44. The van der Waals surface area contributed by atoms with Crippen molar-refractivity contribution in [2.24, 2.45) is 0 Å². The summed E-state index contributed by atoms with van der Waals surface area (Å²) >= 11 is 0. The molecule has 5 rings (SSSR count). The predicted molar refractivity (Wildman–Crippen MR) is 105 cm³/mol. The Bertz CT molecular complexity index is 1070. The van der Waals surface area contributed by atoms with E-state index in [1.54, 1.807) is 23.2 Å². The number of carbonyl (C=O) groups excluding carboxylic acids is 1. The number of hydrogen-bond acceptors (Lipinski definition) is 8. The first-order valence-corrected chi connectivity index (χ1v) is 9.75. The van der Waals surface area contributed by atoms with Crippen LogP contribution >= 0.6 is 0 Å². The van der Waals surface area contributed by atoms with Crippen LogP contribution in [0.5, 0.6) is 0 Å². The van der Waals surface area contributed by atoms with Crippen LogP contribution in [-0.4, -0.2) is 64.7 Å². The fraction of sp³-hybridized carbons (Fsp3) is 0.450. The van der Waals surface area contributed by atoms with E-state index in [0.717, 1.165) is 17.7 Å². The molecule has 29 heavy (non-hydrogen) atoms. The summed E-state index contributed by atoms with van der Waals surface area (Å²) in [6, 6.07) is 3.58. The lowest BCUT2D eigenvalue weighted by Gasteiger charge is -2.44. The first kappa shape index (κ1) is 18.0. The summed E-state index contributed by atoms with van der Waals surface area (Å²) in [4.78, 5) is 30.1. The molecule has 0 saturated carbocycles. The molecule has 3 aromatic rings. The number of aromatic nitrogens is 4. The van der Waals surface area contributed by atoms with E-state index in [1.165, 1.54) is 0 Å². The summed E-state index contributed by atoms with van der Waals surface area (Å²) in [5, 5.41) is 4.53. The highest BCUT2D eigenvalue weighted by molar-refractivity contribution is 6.02.